The first kappa shape index (κ1) is 18.9. The fourth-order valence-corrected chi connectivity index (χ4v) is 3.42. The first-order valence-electron chi connectivity index (χ1n) is 8.52. The van der Waals surface area contributed by atoms with E-state index in [0.29, 0.717) is 25.0 Å². The summed E-state index contributed by atoms with van der Waals surface area (Å²) in [6.07, 6.45) is 5.04. The van der Waals surface area contributed by atoms with Crippen molar-refractivity contribution in [3.05, 3.63) is 0 Å². The zero-order valence-electron chi connectivity index (χ0n) is 14.3. The van der Waals surface area contributed by atoms with Gasteiger partial charge in [0, 0.05) is 12.1 Å². The third-order valence-electron chi connectivity index (χ3n) is 4.48. The first-order chi connectivity index (χ1) is 9.87. The Morgan fingerprint density at radius 3 is 2.62 bits per heavy atom. The number of rotatable bonds is 9. The molecule has 1 saturated carbocycles. The van der Waals surface area contributed by atoms with Crippen molar-refractivity contribution in [3.8, 4) is 0 Å². The molecular formula is C17H35NO3. The summed E-state index contributed by atoms with van der Waals surface area (Å²) in [5, 5.41) is 23.2. The zero-order valence-corrected chi connectivity index (χ0v) is 14.3. The highest BCUT2D eigenvalue weighted by Crippen LogP contribution is 2.31. The van der Waals surface area contributed by atoms with E-state index in [1.165, 1.54) is 6.42 Å². The van der Waals surface area contributed by atoms with Gasteiger partial charge in [-0.15, -0.1) is 0 Å². The van der Waals surface area contributed by atoms with Gasteiger partial charge >= 0.3 is 0 Å². The third kappa shape index (κ3) is 7.09. The molecule has 4 heteroatoms. The number of aliphatic hydroxyl groups is 2. The molecule has 0 radical (unpaired) electrons. The summed E-state index contributed by atoms with van der Waals surface area (Å²) in [6.45, 7) is 9.63. The predicted molar refractivity (Wildman–Crippen MR) is 86.3 cm³/mol. The largest absolute Gasteiger partial charge is 0.394 e. The Morgan fingerprint density at radius 2 is 2.05 bits per heavy atom. The van der Waals surface area contributed by atoms with Gasteiger partial charge in [0.1, 0.15) is 0 Å². The number of nitrogens with one attached hydrogen (secondary N) is 1. The fraction of sp³-hybridized carbons (Fsp3) is 1.00. The molecule has 4 atom stereocenters. The van der Waals surface area contributed by atoms with Gasteiger partial charge in [-0.1, -0.05) is 33.6 Å². The molecule has 21 heavy (non-hydrogen) atoms. The topological polar surface area (TPSA) is 61.7 Å². The summed E-state index contributed by atoms with van der Waals surface area (Å²) in [6, 6.07) is 0. The van der Waals surface area contributed by atoms with E-state index < -0.39 is 6.10 Å². The molecule has 0 aromatic heterocycles. The van der Waals surface area contributed by atoms with Crippen molar-refractivity contribution < 1.29 is 14.9 Å². The van der Waals surface area contributed by atoms with Gasteiger partial charge in [-0.25, -0.2) is 0 Å². The standard InChI is InChI=1S/C17H35NO3/c1-13(2)8-15(4)21-11-16(20)10-18-17(12-19)7-5-6-14(3)9-17/h13-16,18-20H,5-12H2,1-4H3. The van der Waals surface area contributed by atoms with E-state index in [1.807, 2.05) is 0 Å². The van der Waals surface area contributed by atoms with Crippen molar-refractivity contribution in [3.63, 3.8) is 0 Å². The highest BCUT2D eigenvalue weighted by atomic mass is 16.5. The maximum atomic E-state index is 10.1. The van der Waals surface area contributed by atoms with Crippen LogP contribution in [0.25, 0.3) is 0 Å². The van der Waals surface area contributed by atoms with Gasteiger partial charge in [0.25, 0.3) is 0 Å². The predicted octanol–water partition coefficient (Wildman–Crippen LogP) is 2.33. The molecule has 1 aliphatic carbocycles. The number of ether oxygens (including phenoxy) is 1. The van der Waals surface area contributed by atoms with Crippen LogP contribution in [-0.4, -0.2) is 47.7 Å². The smallest absolute Gasteiger partial charge is 0.0898 e. The van der Waals surface area contributed by atoms with Gasteiger partial charge in [-0.2, -0.15) is 0 Å². The minimum Gasteiger partial charge on any atom is -0.394 e. The molecule has 0 amide bonds. The van der Waals surface area contributed by atoms with Crippen LogP contribution in [0.2, 0.25) is 0 Å². The number of β-amino-alcohol motifs (C(OH)–C–C–N with tert-alkyl or cyclic N) is 1. The van der Waals surface area contributed by atoms with Crippen molar-refractivity contribution in [2.45, 2.75) is 77.5 Å². The first-order valence-corrected chi connectivity index (χ1v) is 8.52. The average molecular weight is 301 g/mol. The molecule has 0 bridgehead atoms. The molecule has 0 aromatic carbocycles. The second-order valence-electron chi connectivity index (χ2n) is 7.45. The van der Waals surface area contributed by atoms with Gasteiger partial charge < -0.3 is 20.3 Å². The van der Waals surface area contributed by atoms with Crippen molar-refractivity contribution in [2.75, 3.05) is 19.8 Å². The van der Waals surface area contributed by atoms with Crippen LogP contribution in [0.5, 0.6) is 0 Å². The van der Waals surface area contributed by atoms with E-state index in [9.17, 15) is 10.2 Å². The molecule has 0 spiro atoms. The van der Waals surface area contributed by atoms with E-state index in [4.69, 9.17) is 4.74 Å². The lowest BCUT2D eigenvalue weighted by atomic mass is 9.77. The molecule has 0 saturated heterocycles. The molecule has 0 aromatic rings. The molecular weight excluding hydrogens is 266 g/mol. The lowest BCUT2D eigenvalue weighted by Crippen LogP contribution is -2.54. The Hall–Kier alpha value is -0.160. The Kier molecular flexibility index (Phi) is 8.17. The van der Waals surface area contributed by atoms with E-state index in [1.54, 1.807) is 0 Å². The molecule has 4 unspecified atom stereocenters. The van der Waals surface area contributed by atoms with Crippen LogP contribution in [0.1, 0.15) is 59.8 Å². The Bertz CT molecular complexity index is 285. The average Bonchev–Trinajstić information content (AvgIpc) is 2.42. The van der Waals surface area contributed by atoms with Gasteiger partial charge in [-0.3, -0.25) is 0 Å². The number of hydrogen-bond donors (Lipinski definition) is 3. The SMILES string of the molecule is CC(C)CC(C)OCC(O)CNC1(CO)CCCC(C)C1. The van der Waals surface area contributed by atoms with Crippen LogP contribution in [0.15, 0.2) is 0 Å². The van der Waals surface area contributed by atoms with Crippen LogP contribution >= 0.6 is 0 Å². The molecule has 126 valence electrons. The van der Waals surface area contributed by atoms with Crippen LogP contribution in [0.3, 0.4) is 0 Å². The lowest BCUT2D eigenvalue weighted by Gasteiger charge is -2.40. The molecule has 1 rings (SSSR count). The summed E-state index contributed by atoms with van der Waals surface area (Å²) in [7, 11) is 0. The molecule has 3 N–H and O–H groups in total. The molecule has 4 nitrogen and oxygen atoms in total. The summed E-state index contributed by atoms with van der Waals surface area (Å²) in [5.41, 5.74) is -0.206. The molecule has 1 aliphatic rings. The quantitative estimate of drug-likeness (QED) is 0.612. The summed E-state index contributed by atoms with van der Waals surface area (Å²) >= 11 is 0. The minimum absolute atomic E-state index is 0.147. The summed E-state index contributed by atoms with van der Waals surface area (Å²) in [5.74, 6) is 1.24. The number of hydrogen-bond acceptors (Lipinski definition) is 4. The van der Waals surface area contributed by atoms with Crippen LogP contribution in [0.4, 0.5) is 0 Å². The van der Waals surface area contributed by atoms with Crippen molar-refractivity contribution in [1.29, 1.82) is 0 Å². The molecule has 1 fully saturated rings. The Balaban J connectivity index is 2.29. The number of aliphatic hydroxyl groups excluding tert-OH is 2. The van der Waals surface area contributed by atoms with Gasteiger partial charge in [0.15, 0.2) is 0 Å². The second-order valence-corrected chi connectivity index (χ2v) is 7.45. The minimum atomic E-state index is -0.514. The zero-order chi connectivity index (χ0) is 15.9. The maximum absolute atomic E-state index is 10.1. The van der Waals surface area contributed by atoms with Crippen LogP contribution in [-0.2, 0) is 4.74 Å². The molecule has 0 aliphatic heterocycles. The Labute approximate surface area is 130 Å². The normalized spacial score (nSPS) is 29.6. The van der Waals surface area contributed by atoms with Crippen molar-refractivity contribution >= 4 is 0 Å². The highest BCUT2D eigenvalue weighted by molar-refractivity contribution is 4.92. The maximum Gasteiger partial charge on any atom is 0.0898 e. The van der Waals surface area contributed by atoms with Gasteiger partial charge in [-0.05, 0) is 38.0 Å². The lowest BCUT2D eigenvalue weighted by molar-refractivity contribution is -0.0148. The second kappa shape index (κ2) is 9.09. The van der Waals surface area contributed by atoms with Gasteiger partial charge in [0.2, 0.25) is 0 Å². The van der Waals surface area contributed by atoms with E-state index >= 15 is 0 Å². The van der Waals surface area contributed by atoms with E-state index in [0.717, 1.165) is 25.7 Å². The Morgan fingerprint density at radius 1 is 1.33 bits per heavy atom. The fourth-order valence-electron chi connectivity index (χ4n) is 3.42. The monoisotopic (exact) mass is 301 g/mol. The van der Waals surface area contributed by atoms with Gasteiger partial charge in [0.05, 0.1) is 25.4 Å². The van der Waals surface area contributed by atoms with Crippen LogP contribution in [0, 0.1) is 11.8 Å². The third-order valence-corrected chi connectivity index (χ3v) is 4.48. The van der Waals surface area contributed by atoms with E-state index in [-0.39, 0.29) is 18.2 Å². The summed E-state index contributed by atoms with van der Waals surface area (Å²) in [4.78, 5) is 0. The van der Waals surface area contributed by atoms with Crippen molar-refractivity contribution in [2.24, 2.45) is 11.8 Å². The van der Waals surface area contributed by atoms with E-state index in [2.05, 4.69) is 33.0 Å². The van der Waals surface area contributed by atoms with Crippen molar-refractivity contribution in [1.82, 2.24) is 5.32 Å². The highest BCUT2D eigenvalue weighted by Gasteiger charge is 2.34. The molecule has 0 heterocycles. The van der Waals surface area contributed by atoms with Crippen LogP contribution < -0.4 is 5.32 Å². The summed E-state index contributed by atoms with van der Waals surface area (Å²) < 4.78 is 5.69.